The van der Waals surface area contributed by atoms with Gasteiger partial charge >= 0.3 is 0 Å². The lowest BCUT2D eigenvalue weighted by Gasteiger charge is -2.13. The number of benzene rings is 2. The Hall–Kier alpha value is -1.76. The van der Waals surface area contributed by atoms with Gasteiger partial charge in [0, 0.05) is 6.07 Å². The molecule has 1 nitrogen and oxygen atoms in total. The molecule has 0 spiro atoms. The van der Waals surface area contributed by atoms with Crippen molar-refractivity contribution < 1.29 is 4.74 Å². The quantitative estimate of drug-likeness (QED) is 0.573. The van der Waals surface area contributed by atoms with Gasteiger partial charge in [-0.1, -0.05) is 43.3 Å². The molecule has 2 aromatic rings. The summed E-state index contributed by atoms with van der Waals surface area (Å²) in [6, 6.07) is 18.3. The topological polar surface area (TPSA) is 9.23 Å². The summed E-state index contributed by atoms with van der Waals surface area (Å²) in [5.41, 5.74) is 1.41. The van der Waals surface area contributed by atoms with Gasteiger partial charge in [-0.05, 0) is 24.1 Å². The van der Waals surface area contributed by atoms with Crippen molar-refractivity contribution in [1.29, 1.82) is 0 Å². The maximum Gasteiger partial charge on any atom is 0.131 e. The zero-order chi connectivity index (χ0) is 10.5. The Morgan fingerprint density at radius 3 is 1.73 bits per heavy atom. The highest BCUT2D eigenvalue weighted by Crippen LogP contribution is 2.32. The van der Waals surface area contributed by atoms with Gasteiger partial charge < -0.3 is 4.74 Å². The molecule has 1 heteroatoms. The molecule has 2 aromatic carbocycles. The van der Waals surface area contributed by atoms with Gasteiger partial charge in [0.15, 0.2) is 0 Å². The van der Waals surface area contributed by atoms with Crippen molar-refractivity contribution in [2.45, 2.75) is 13.3 Å². The summed E-state index contributed by atoms with van der Waals surface area (Å²) < 4.78 is 5.01. The van der Waals surface area contributed by atoms with Crippen LogP contribution in [0.4, 0.5) is 0 Å². The Labute approximate surface area is 90.3 Å². The van der Waals surface area contributed by atoms with Crippen molar-refractivity contribution in [2.24, 2.45) is 0 Å². The first-order valence-electron chi connectivity index (χ1n) is 5.20. The van der Waals surface area contributed by atoms with Crippen molar-refractivity contribution in [3.63, 3.8) is 0 Å². The molecule has 2 heterocycles. The summed E-state index contributed by atoms with van der Waals surface area (Å²) in [5, 5.41) is 0. The fraction of sp³-hybridized carbons (Fsp3) is 0.143. The van der Waals surface area contributed by atoms with Gasteiger partial charge in [0.2, 0.25) is 0 Å². The number of fused-ring (bicyclic) bond motifs is 2. The molecule has 2 bridgehead atoms. The lowest BCUT2D eigenvalue weighted by Crippen LogP contribution is -1.91. The van der Waals surface area contributed by atoms with Crippen LogP contribution in [-0.4, -0.2) is 0 Å². The van der Waals surface area contributed by atoms with Crippen LogP contribution in [0.3, 0.4) is 0 Å². The van der Waals surface area contributed by atoms with E-state index in [0.29, 0.717) is 0 Å². The van der Waals surface area contributed by atoms with Crippen molar-refractivity contribution in [1.82, 2.24) is 0 Å². The highest BCUT2D eigenvalue weighted by atomic mass is 16.5. The number of rotatable bonds is 1. The third-order valence-corrected chi connectivity index (χ3v) is 2.29. The molecular weight excluding hydrogens is 184 g/mol. The normalized spacial score (nSPS) is 10.5. The molecule has 0 atom stereocenters. The van der Waals surface area contributed by atoms with Gasteiger partial charge in [0.05, 0.1) is 0 Å². The van der Waals surface area contributed by atoms with Gasteiger partial charge in [0.25, 0.3) is 0 Å². The number of hydrogen-bond acceptors (Lipinski definition) is 1. The summed E-state index contributed by atoms with van der Waals surface area (Å²) in [5.74, 6) is 1.97. The molecule has 0 N–H and O–H groups in total. The van der Waals surface area contributed by atoms with Crippen LogP contribution in [0.1, 0.15) is 12.5 Å². The molecule has 0 saturated heterocycles. The minimum atomic E-state index is 0.984. The van der Waals surface area contributed by atoms with E-state index in [9.17, 15) is 0 Å². The molecule has 0 radical (unpaired) electrons. The molecule has 0 aliphatic carbocycles. The van der Waals surface area contributed by atoms with Crippen LogP contribution in [0.25, 0.3) is 0 Å². The van der Waals surface area contributed by atoms with Crippen molar-refractivity contribution in [3.05, 3.63) is 60.2 Å². The first kappa shape index (κ1) is 9.78. The first-order chi connectivity index (χ1) is 7.38. The van der Waals surface area contributed by atoms with Crippen LogP contribution >= 0.6 is 0 Å². The van der Waals surface area contributed by atoms with E-state index in [0.717, 1.165) is 17.9 Å². The third-order valence-electron chi connectivity index (χ3n) is 2.29. The van der Waals surface area contributed by atoms with E-state index in [4.69, 9.17) is 4.74 Å². The smallest absolute Gasteiger partial charge is 0.131 e. The zero-order valence-electron chi connectivity index (χ0n) is 8.81. The first-order valence-corrected chi connectivity index (χ1v) is 5.20. The van der Waals surface area contributed by atoms with Crippen molar-refractivity contribution in [3.8, 4) is 11.5 Å². The van der Waals surface area contributed by atoms with E-state index < -0.39 is 0 Å². The molecule has 76 valence electrons. The summed E-state index contributed by atoms with van der Waals surface area (Å²) in [7, 11) is 0. The van der Waals surface area contributed by atoms with Crippen LogP contribution in [0, 0.1) is 0 Å². The molecule has 2 aliphatic heterocycles. The SMILES string of the molecule is CCc1ccccc1.c1cc2cc(c1)O2. The maximum absolute atomic E-state index is 5.01. The second-order valence-corrected chi connectivity index (χ2v) is 3.42. The molecular formula is C14H14O. The van der Waals surface area contributed by atoms with Crippen LogP contribution < -0.4 is 4.74 Å². The summed E-state index contributed by atoms with van der Waals surface area (Å²) in [6.45, 7) is 2.16. The number of ether oxygens (including phenoxy) is 1. The number of aryl methyl sites for hydroxylation is 1. The molecule has 0 unspecified atom stereocenters. The summed E-state index contributed by atoms with van der Waals surface area (Å²) in [6.07, 6.45) is 1.14. The van der Waals surface area contributed by atoms with Crippen LogP contribution in [0.5, 0.6) is 11.5 Å². The van der Waals surface area contributed by atoms with Gasteiger partial charge in [0.1, 0.15) is 11.5 Å². The van der Waals surface area contributed by atoms with Gasteiger partial charge in [-0.2, -0.15) is 0 Å². The van der Waals surface area contributed by atoms with E-state index in [1.807, 2.05) is 30.3 Å². The van der Waals surface area contributed by atoms with Crippen LogP contribution in [-0.2, 0) is 6.42 Å². The Morgan fingerprint density at radius 1 is 0.867 bits per heavy atom. The highest BCUT2D eigenvalue weighted by Gasteiger charge is 2.05. The molecule has 0 aromatic heterocycles. The summed E-state index contributed by atoms with van der Waals surface area (Å²) in [4.78, 5) is 0. The third kappa shape index (κ3) is 2.59. The summed E-state index contributed by atoms with van der Waals surface area (Å²) >= 11 is 0. The molecule has 15 heavy (non-hydrogen) atoms. The van der Waals surface area contributed by atoms with Crippen LogP contribution in [0.2, 0.25) is 0 Å². The predicted octanol–water partition coefficient (Wildman–Crippen LogP) is 4.04. The molecule has 4 rings (SSSR count). The van der Waals surface area contributed by atoms with E-state index in [-0.39, 0.29) is 0 Å². The standard InChI is InChI=1S/C8H10.C6H4O/c1-2-8-6-4-3-5-7-8;1-2-5-4-6(3-1)7-5/h3-7H,2H2,1H3;1-4H. The van der Waals surface area contributed by atoms with Crippen LogP contribution in [0.15, 0.2) is 54.6 Å². The monoisotopic (exact) mass is 198 g/mol. The highest BCUT2D eigenvalue weighted by molar-refractivity contribution is 5.43. The van der Waals surface area contributed by atoms with Gasteiger partial charge in [-0.3, -0.25) is 0 Å². The molecule has 0 fully saturated rings. The van der Waals surface area contributed by atoms with Gasteiger partial charge in [-0.25, -0.2) is 0 Å². The fourth-order valence-electron chi connectivity index (χ4n) is 1.39. The minimum absolute atomic E-state index is 0.984. The Kier molecular flexibility index (Phi) is 3.03. The van der Waals surface area contributed by atoms with Crippen molar-refractivity contribution in [2.75, 3.05) is 0 Å². The maximum atomic E-state index is 5.01. The molecule has 0 saturated carbocycles. The lowest BCUT2D eigenvalue weighted by molar-refractivity contribution is 0.438. The van der Waals surface area contributed by atoms with E-state index in [2.05, 4.69) is 31.2 Å². The average molecular weight is 198 g/mol. The lowest BCUT2D eigenvalue weighted by atomic mass is 10.2. The number of hydrogen-bond donors (Lipinski definition) is 0. The second-order valence-electron chi connectivity index (χ2n) is 3.42. The van der Waals surface area contributed by atoms with Crippen molar-refractivity contribution >= 4 is 0 Å². The Bertz CT molecular complexity index is 396. The average Bonchev–Trinajstić information content (AvgIpc) is 2.31. The molecule has 0 amide bonds. The molecule has 2 aliphatic rings. The zero-order valence-corrected chi connectivity index (χ0v) is 8.81. The van der Waals surface area contributed by atoms with E-state index in [1.54, 1.807) is 0 Å². The Morgan fingerprint density at radius 2 is 1.47 bits per heavy atom. The van der Waals surface area contributed by atoms with E-state index >= 15 is 0 Å². The largest absolute Gasteiger partial charge is 0.457 e. The predicted molar refractivity (Wildman–Crippen MR) is 62.3 cm³/mol. The minimum Gasteiger partial charge on any atom is -0.457 e. The Balaban J connectivity index is 0.000000114. The second kappa shape index (κ2) is 4.65. The van der Waals surface area contributed by atoms with E-state index in [1.165, 1.54) is 5.56 Å². The van der Waals surface area contributed by atoms with Gasteiger partial charge in [-0.15, -0.1) is 0 Å². The fourth-order valence-corrected chi connectivity index (χ4v) is 1.39.